The first kappa shape index (κ1) is 11.0. The van der Waals surface area contributed by atoms with Gasteiger partial charge in [0, 0.05) is 18.1 Å². The van der Waals surface area contributed by atoms with Gasteiger partial charge in [-0.05, 0) is 30.7 Å². The number of hydrogen-bond acceptors (Lipinski definition) is 3. The summed E-state index contributed by atoms with van der Waals surface area (Å²) >= 11 is 5.66. The number of aliphatic hydroxyl groups excluding tert-OH is 1. The van der Waals surface area contributed by atoms with E-state index in [0.717, 1.165) is 0 Å². The monoisotopic (exact) mass is 214 g/mol. The Bertz CT molecular complexity index is 295. The molecule has 0 saturated carbocycles. The molecule has 0 unspecified atom stereocenters. The van der Waals surface area contributed by atoms with Crippen molar-refractivity contribution in [1.29, 1.82) is 0 Å². The Morgan fingerprint density at radius 1 is 1.36 bits per heavy atom. The molecule has 1 rings (SSSR count). The fourth-order valence-corrected chi connectivity index (χ4v) is 1.03. The van der Waals surface area contributed by atoms with E-state index >= 15 is 0 Å². The van der Waals surface area contributed by atoms with E-state index in [1.165, 1.54) is 0 Å². The summed E-state index contributed by atoms with van der Waals surface area (Å²) in [5.41, 5.74) is 0. The lowest BCUT2D eigenvalue weighted by molar-refractivity contribution is -0.134. The summed E-state index contributed by atoms with van der Waals surface area (Å²) in [5.74, 6) is 0.124. The van der Waals surface area contributed by atoms with E-state index in [0.29, 0.717) is 17.2 Å². The molecule has 0 aliphatic heterocycles. The maximum atomic E-state index is 11.1. The van der Waals surface area contributed by atoms with E-state index in [4.69, 9.17) is 21.4 Å². The van der Waals surface area contributed by atoms with Gasteiger partial charge in [-0.15, -0.1) is 0 Å². The van der Waals surface area contributed by atoms with Crippen molar-refractivity contribution >= 4 is 17.6 Å². The van der Waals surface area contributed by atoms with Crippen molar-refractivity contribution in [2.75, 3.05) is 6.61 Å². The molecule has 1 aromatic carbocycles. The third kappa shape index (κ3) is 3.77. The molecule has 0 aliphatic rings. The Labute approximate surface area is 87.3 Å². The number of hydrogen-bond donors (Lipinski definition) is 1. The van der Waals surface area contributed by atoms with E-state index in [2.05, 4.69) is 0 Å². The van der Waals surface area contributed by atoms with Gasteiger partial charge in [0.15, 0.2) is 0 Å². The third-order valence-corrected chi connectivity index (χ3v) is 1.84. The van der Waals surface area contributed by atoms with Crippen molar-refractivity contribution in [1.82, 2.24) is 0 Å². The largest absolute Gasteiger partial charge is 0.427 e. The van der Waals surface area contributed by atoms with Crippen LogP contribution in [0.2, 0.25) is 5.02 Å². The molecule has 0 aromatic heterocycles. The molecule has 0 spiro atoms. The van der Waals surface area contributed by atoms with Gasteiger partial charge in [-0.2, -0.15) is 0 Å². The van der Waals surface area contributed by atoms with Crippen molar-refractivity contribution in [3.8, 4) is 5.75 Å². The predicted octanol–water partition coefficient (Wildman–Crippen LogP) is 2.02. The van der Waals surface area contributed by atoms with E-state index in [-0.39, 0.29) is 19.0 Å². The summed E-state index contributed by atoms with van der Waals surface area (Å²) < 4.78 is 4.96. The number of carbonyl (C=O) groups is 1. The van der Waals surface area contributed by atoms with Crippen molar-refractivity contribution in [3.63, 3.8) is 0 Å². The number of esters is 1. The highest BCUT2D eigenvalue weighted by molar-refractivity contribution is 6.30. The average molecular weight is 215 g/mol. The van der Waals surface area contributed by atoms with Crippen LogP contribution in [0.4, 0.5) is 0 Å². The van der Waals surface area contributed by atoms with Crippen LogP contribution in [0.25, 0.3) is 0 Å². The lowest BCUT2D eigenvalue weighted by Gasteiger charge is -2.02. The molecule has 1 N–H and O–H groups in total. The molecule has 0 saturated heterocycles. The summed E-state index contributed by atoms with van der Waals surface area (Å²) in [6, 6.07) is 6.55. The summed E-state index contributed by atoms with van der Waals surface area (Å²) in [6.45, 7) is -0.00425. The van der Waals surface area contributed by atoms with Crippen LogP contribution in [0.15, 0.2) is 24.3 Å². The second-order valence-corrected chi connectivity index (χ2v) is 3.19. The average Bonchev–Trinajstić information content (AvgIpc) is 2.18. The Morgan fingerprint density at radius 2 is 2.00 bits per heavy atom. The standard InChI is InChI=1S/C10H11ClO3/c11-8-3-5-9(6-4-8)14-10(13)2-1-7-12/h3-6,12H,1-2,7H2. The predicted molar refractivity (Wildman–Crippen MR) is 53.4 cm³/mol. The number of halogens is 1. The van der Waals surface area contributed by atoms with Crippen LogP contribution in [0.1, 0.15) is 12.8 Å². The Morgan fingerprint density at radius 3 is 2.57 bits per heavy atom. The molecule has 0 aliphatic carbocycles. The Balaban J connectivity index is 2.44. The lowest BCUT2D eigenvalue weighted by atomic mass is 10.3. The van der Waals surface area contributed by atoms with Crippen LogP contribution >= 0.6 is 11.6 Å². The van der Waals surface area contributed by atoms with Gasteiger partial charge in [-0.25, -0.2) is 0 Å². The van der Waals surface area contributed by atoms with Gasteiger partial charge in [0.1, 0.15) is 5.75 Å². The number of carbonyl (C=O) groups excluding carboxylic acids is 1. The van der Waals surface area contributed by atoms with Crippen LogP contribution in [0.3, 0.4) is 0 Å². The highest BCUT2D eigenvalue weighted by Crippen LogP contribution is 2.15. The van der Waals surface area contributed by atoms with Crippen molar-refractivity contribution in [2.45, 2.75) is 12.8 Å². The molecule has 0 radical (unpaired) electrons. The Hall–Kier alpha value is -1.06. The minimum Gasteiger partial charge on any atom is -0.427 e. The summed E-state index contributed by atoms with van der Waals surface area (Å²) in [6.07, 6.45) is 0.644. The van der Waals surface area contributed by atoms with Gasteiger partial charge in [-0.3, -0.25) is 4.79 Å². The molecule has 0 atom stereocenters. The molecule has 0 heterocycles. The zero-order chi connectivity index (χ0) is 10.4. The highest BCUT2D eigenvalue weighted by atomic mass is 35.5. The maximum absolute atomic E-state index is 11.1. The minimum atomic E-state index is -0.346. The first-order chi connectivity index (χ1) is 6.72. The van der Waals surface area contributed by atoms with Crippen molar-refractivity contribution in [3.05, 3.63) is 29.3 Å². The zero-order valence-corrected chi connectivity index (χ0v) is 8.33. The topological polar surface area (TPSA) is 46.5 Å². The van der Waals surface area contributed by atoms with E-state index in [1.807, 2.05) is 0 Å². The smallest absolute Gasteiger partial charge is 0.311 e. The van der Waals surface area contributed by atoms with Crippen molar-refractivity contribution in [2.24, 2.45) is 0 Å². The third-order valence-electron chi connectivity index (χ3n) is 1.58. The van der Waals surface area contributed by atoms with Gasteiger partial charge < -0.3 is 9.84 Å². The van der Waals surface area contributed by atoms with Gasteiger partial charge in [0.25, 0.3) is 0 Å². The number of ether oxygens (including phenoxy) is 1. The van der Waals surface area contributed by atoms with Gasteiger partial charge in [-0.1, -0.05) is 11.6 Å². The van der Waals surface area contributed by atoms with Crippen LogP contribution in [0.5, 0.6) is 5.75 Å². The molecule has 76 valence electrons. The van der Waals surface area contributed by atoms with E-state index in [9.17, 15) is 4.79 Å². The van der Waals surface area contributed by atoms with E-state index < -0.39 is 0 Å². The molecule has 3 nitrogen and oxygen atoms in total. The fourth-order valence-electron chi connectivity index (χ4n) is 0.909. The quantitative estimate of drug-likeness (QED) is 0.616. The lowest BCUT2D eigenvalue weighted by Crippen LogP contribution is -2.08. The molecule has 0 fully saturated rings. The molecule has 0 bridgehead atoms. The normalized spacial score (nSPS) is 9.86. The van der Waals surface area contributed by atoms with Crippen LogP contribution in [0, 0.1) is 0 Å². The van der Waals surface area contributed by atoms with Crippen LogP contribution < -0.4 is 4.74 Å². The number of rotatable bonds is 4. The molecule has 4 heteroatoms. The highest BCUT2D eigenvalue weighted by Gasteiger charge is 2.03. The van der Waals surface area contributed by atoms with Crippen LogP contribution in [-0.2, 0) is 4.79 Å². The molecule has 14 heavy (non-hydrogen) atoms. The second kappa shape index (κ2) is 5.62. The first-order valence-corrected chi connectivity index (χ1v) is 4.67. The minimum absolute atomic E-state index is 0.00425. The zero-order valence-electron chi connectivity index (χ0n) is 7.57. The SMILES string of the molecule is O=C(CCCO)Oc1ccc(Cl)cc1. The first-order valence-electron chi connectivity index (χ1n) is 4.29. The van der Waals surface area contributed by atoms with E-state index in [1.54, 1.807) is 24.3 Å². The second-order valence-electron chi connectivity index (χ2n) is 2.76. The van der Waals surface area contributed by atoms with Crippen molar-refractivity contribution < 1.29 is 14.6 Å². The summed E-state index contributed by atoms with van der Waals surface area (Å²) in [4.78, 5) is 11.1. The Kier molecular flexibility index (Phi) is 4.43. The maximum Gasteiger partial charge on any atom is 0.311 e. The summed E-state index contributed by atoms with van der Waals surface area (Å²) in [5, 5.41) is 9.09. The fraction of sp³-hybridized carbons (Fsp3) is 0.300. The van der Waals surface area contributed by atoms with Crippen LogP contribution in [-0.4, -0.2) is 17.7 Å². The van der Waals surface area contributed by atoms with Gasteiger partial charge in [0.2, 0.25) is 0 Å². The number of benzene rings is 1. The molecule has 1 aromatic rings. The van der Waals surface area contributed by atoms with Gasteiger partial charge in [0.05, 0.1) is 0 Å². The molecule has 0 amide bonds. The molecular weight excluding hydrogens is 204 g/mol. The van der Waals surface area contributed by atoms with Gasteiger partial charge >= 0.3 is 5.97 Å². The molecular formula is C10H11ClO3. The summed E-state index contributed by atoms with van der Waals surface area (Å²) in [7, 11) is 0. The number of aliphatic hydroxyl groups is 1.